The van der Waals surface area contributed by atoms with Gasteiger partial charge in [0.1, 0.15) is 12.4 Å². The maximum atomic E-state index is 12.4. The molecule has 0 unspecified atom stereocenters. The second-order valence-electron chi connectivity index (χ2n) is 5.24. The number of halogens is 1. The Hall–Kier alpha value is -2.79. The number of rotatable bonds is 5. The minimum Gasteiger partial charge on any atom is -0.488 e. The molecule has 0 atom stereocenters. The van der Waals surface area contributed by atoms with Crippen molar-refractivity contribution in [2.45, 2.75) is 6.61 Å². The monoisotopic (exact) mass is 341 g/mol. The van der Waals surface area contributed by atoms with Crippen molar-refractivity contribution in [3.8, 4) is 5.75 Å². The number of aryl methyl sites for hydroxylation is 1. The van der Waals surface area contributed by atoms with Gasteiger partial charge in [-0.05, 0) is 29.8 Å². The topological polar surface area (TPSA) is 56.2 Å². The van der Waals surface area contributed by atoms with Gasteiger partial charge in [-0.15, -0.1) is 0 Å². The van der Waals surface area contributed by atoms with E-state index in [2.05, 4.69) is 10.4 Å². The Balaban J connectivity index is 1.72. The molecule has 6 heteroatoms. The Morgan fingerprint density at radius 2 is 1.92 bits per heavy atom. The molecule has 0 saturated heterocycles. The lowest BCUT2D eigenvalue weighted by molar-refractivity contribution is 0.102. The van der Waals surface area contributed by atoms with Crippen LogP contribution in [0, 0.1) is 0 Å². The summed E-state index contributed by atoms with van der Waals surface area (Å²) in [6.07, 6.45) is 1.76. The molecule has 0 aliphatic carbocycles. The SMILES string of the molecule is Cn1ccc(NC(=O)c2ccccc2OCc2ccc(Cl)cc2)n1. The molecule has 0 spiro atoms. The van der Waals surface area contributed by atoms with E-state index in [-0.39, 0.29) is 5.91 Å². The number of anilines is 1. The summed E-state index contributed by atoms with van der Waals surface area (Å²) in [5.74, 6) is 0.747. The largest absolute Gasteiger partial charge is 0.488 e. The molecule has 5 nitrogen and oxygen atoms in total. The van der Waals surface area contributed by atoms with Crippen LogP contribution in [0.1, 0.15) is 15.9 Å². The Labute approximate surface area is 144 Å². The van der Waals surface area contributed by atoms with Crippen molar-refractivity contribution in [2.24, 2.45) is 7.05 Å². The normalized spacial score (nSPS) is 10.4. The molecule has 1 amide bonds. The van der Waals surface area contributed by atoms with E-state index < -0.39 is 0 Å². The van der Waals surface area contributed by atoms with E-state index in [0.29, 0.717) is 28.8 Å². The summed E-state index contributed by atoms with van der Waals surface area (Å²) in [7, 11) is 1.79. The first kappa shape index (κ1) is 16.1. The third-order valence-corrected chi connectivity index (χ3v) is 3.65. The summed E-state index contributed by atoms with van der Waals surface area (Å²) in [5.41, 5.74) is 1.43. The molecule has 24 heavy (non-hydrogen) atoms. The van der Waals surface area contributed by atoms with E-state index in [1.54, 1.807) is 54.3 Å². The molecule has 3 rings (SSSR count). The molecule has 1 aromatic heterocycles. The van der Waals surface area contributed by atoms with Crippen LogP contribution in [-0.4, -0.2) is 15.7 Å². The van der Waals surface area contributed by atoms with Crippen LogP contribution in [0.4, 0.5) is 5.82 Å². The van der Waals surface area contributed by atoms with E-state index in [0.717, 1.165) is 5.56 Å². The standard InChI is InChI=1S/C18H16ClN3O2/c1-22-11-10-17(21-22)20-18(23)15-4-2-3-5-16(15)24-12-13-6-8-14(19)9-7-13/h2-11H,12H2,1H3,(H,20,21,23). The zero-order valence-corrected chi connectivity index (χ0v) is 13.8. The van der Waals surface area contributed by atoms with Crippen LogP contribution in [0.3, 0.4) is 0 Å². The summed E-state index contributed by atoms with van der Waals surface area (Å²) in [6.45, 7) is 0.352. The lowest BCUT2D eigenvalue weighted by atomic mass is 10.2. The van der Waals surface area contributed by atoms with Crippen LogP contribution in [0.15, 0.2) is 60.8 Å². The number of carbonyl (C=O) groups is 1. The van der Waals surface area contributed by atoms with Crippen LogP contribution < -0.4 is 10.1 Å². The average molecular weight is 342 g/mol. The molecule has 0 bridgehead atoms. The zero-order chi connectivity index (χ0) is 16.9. The van der Waals surface area contributed by atoms with Crippen molar-refractivity contribution < 1.29 is 9.53 Å². The lowest BCUT2D eigenvalue weighted by Gasteiger charge is -2.11. The molecule has 1 heterocycles. The number of hydrogen-bond acceptors (Lipinski definition) is 3. The average Bonchev–Trinajstić information content (AvgIpc) is 2.99. The Morgan fingerprint density at radius 1 is 1.17 bits per heavy atom. The molecule has 0 fully saturated rings. The molecule has 2 aromatic carbocycles. The van der Waals surface area contributed by atoms with Crippen LogP contribution in [0.25, 0.3) is 0 Å². The first-order valence-corrected chi connectivity index (χ1v) is 7.77. The predicted octanol–water partition coefficient (Wildman–Crippen LogP) is 3.90. The molecule has 0 aliphatic heterocycles. The van der Waals surface area contributed by atoms with Gasteiger partial charge >= 0.3 is 0 Å². The number of nitrogens with zero attached hydrogens (tertiary/aromatic N) is 2. The minimum atomic E-state index is -0.264. The van der Waals surface area contributed by atoms with Gasteiger partial charge in [-0.3, -0.25) is 9.48 Å². The number of nitrogens with one attached hydrogen (secondary N) is 1. The van der Waals surface area contributed by atoms with Gasteiger partial charge < -0.3 is 10.1 Å². The van der Waals surface area contributed by atoms with E-state index in [4.69, 9.17) is 16.3 Å². The molecule has 0 aliphatic rings. The highest BCUT2D eigenvalue weighted by molar-refractivity contribution is 6.30. The van der Waals surface area contributed by atoms with Gasteiger partial charge in [-0.1, -0.05) is 35.9 Å². The molecule has 0 saturated carbocycles. The first-order chi connectivity index (χ1) is 11.6. The number of para-hydroxylation sites is 1. The van der Waals surface area contributed by atoms with Gasteiger partial charge in [0.25, 0.3) is 5.91 Å². The van der Waals surface area contributed by atoms with Crippen molar-refractivity contribution in [1.82, 2.24) is 9.78 Å². The first-order valence-electron chi connectivity index (χ1n) is 7.39. The predicted molar refractivity (Wildman–Crippen MR) is 93.4 cm³/mol. The Morgan fingerprint density at radius 3 is 2.62 bits per heavy atom. The van der Waals surface area contributed by atoms with Crippen LogP contribution in [0.2, 0.25) is 5.02 Å². The molecule has 1 N–H and O–H groups in total. The summed E-state index contributed by atoms with van der Waals surface area (Å²) in [4.78, 5) is 12.4. The molecule has 3 aromatic rings. The number of hydrogen-bond donors (Lipinski definition) is 1. The number of carbonyl (C=O) groups excluding carboxylic acids is 1. The van der Waals surface area contributed by atoms with Gasteiger partial charge in [0, 0.05) is 24.3 Å². The smallest absolute Gasteiger partial charge is 0.260 e. The highest BCUT2D eigenvalue weighted by atomic mass is 35.5. The fraction of sp³-hybridized carbons (Fsp3) is 0.111. The van der Waals surface area contributed by atoms with Crippen molar-refractivity contribution in [3.05, 3.63) is 76.9 Å². The van der Waals surface area contributed by atoms with E-state index >= 15 is 0 Å². The molecular weight excluding hydrogens is 326 g/mol. The summed E-state index contributed by atoms with van der Waals surface area (Å²) < 4.78 is 7.42. The Bertz CT molecular complexity index is 843. The van der Waals surface area contributed by atoms with Gasteiger partial charge in [0.05, 0.1) is 5.56 Å². The molecule has 0 radical (unpaired) electrons. The van der Waals surface area contributed by atoms with Crippen molar-refractivity contribution in [1.29, 1.82) is 0 Å². The number of ether oxygens (including phenoxy) is 1. The van der Waals surface area contributed by atoms with Crippen LogP contribution >= 0.6 is 11.6 Å². The number of amides is 1. The maximum absolute atomic E-state index is 12.4. The number of aromatic nitrogens is 2. The summed E-state index contributed by atoms with van der Waals surface area (Å²) >= 11 is 5.87. The van der Waals surface area contributed by atoms with Crippen LogP contribution in [-0.2, 0) is 13.7 Å². The van der Waals surface area contributed by atoms with E-state index in [9.17, 15) is 4.79 Å². The molecule has 122 valence electrons. The third-order valence-electron chi connectivity index (χ3n) is 3.39. The lowest BCUT2D eigenvalue weighted by Crippen LogP contribution is -2.14. The van der Waals surface area contributed by atoms with Gasteiger partial charge in [-0.2, -0.15) is 5.10 Å². The van der Waals surface area contributed by atoms with E-state index in [1.165, 1.54) is 0 Å². The minimum absolute atomic E-state index is 0.264. The van der Waals surface area contributed by atoms with Crippen molar-refractivity contribution >= 4 is 23.3 Å². The van der Waals surface area contributed by atoms with Crippen molar-refractivity contribution in [3.63, 3.8) is 0 Å². The van der Waals surface area contributed by atoms with Crippen LogP contribution in [0.5, 0.6) is 5.75 Å². The second-order valence-corrected chi connectivity index (χ2v) is 5.68. The fourth-order valence-electron chi connectivity index (χ4n) is 2.19. The zero-order valence-electron chi connectivity index (χ0n) is 13.1. The Kier molecular flexibility index (Phi) is 4.82. The fourth-order valence-corrected chi connectivity index (χ4v) is 2.31. The second kappa shape index (κ2) is 7.19. The maximum Gasteiger partial charge on any atom is 0.260 e. The molecular formula is C18H16ClN3O2. The highest BCUT2D eigenvalue weighted by Gasteiger charge is 2.13. The quantitative estimate of drug-likeness (QED) is 0.765. The van der Waals surface area contributed by atoms with Gasteiger partial charge in [-0.25, -0.2) is 0 Å². The van der Waals surface area contributed by atoms with Gasteiger partial charge in [0.2, 0.25) is 0 Å². The third kappa shape index (κ3) is 3.94. The van der Waals surface area contributed by atoms with E-state index in [1.807, 2.05) is 18.2 Å². The van der Waals surface area contributed by atoms with Gasteiger partial charge in [0.15, 0.2) is 5.82 Å². The summed E-state index contributed by atoms with van der Waals surface area (Å²) in [5, 5.41) is 7.57. The number of benzene rings is 2. The summed E-state index contributed by atoms with van der Waals surface area (Å²) in [6, 6.07) is 16.2. The van der Waals surface area contributed by atoms with Crippen molar-refractivity contribution in [2.75, 3.05) is 5.32 Å². The highest BCUT2D eigenvalue weighted by Crippen LogP contribution is 2.21.